The van der Waals surface area contributed by atoms with Gasteiger partial charge in [0.1, 0.15) is 0 Å². The van der Waals surface area contributed by atoms with E-state index in [1.54, 1.807) is 0 Å². The number of hydrogen-bond donors (Lipinski definition) is 0. The number of aryl methyl sites for hydroxylation is 1. The first-order valence-corrected chi connectivity index (χ1v) is 7.43. The molecule has 0 aliphatic carbocycles. The Balaban J connectivity index is 0. The van der Waals surface area contributed by atoms with Crippen LogP contribution >= 0.6 is 0 Å². The lowest BCUT2D eigenvalue weighted by molar-refractivity contribution is 1.09. The zero-order valence-electron chi connectivity index (χ0n) is 14.4. The molecule has 0 unspecified atom stereocenters. The van der Waals surface area contributed by atoms with Gasteiger partial charge in [0.05, 0.1) is 0 Å². The highest BCUT2D eigenvalue weighted by Gasteiger charge is 1.99. The molecule has 0 aliphatic heterocycles. The maximum Gasteiger partial charge on any atom is 0.158 e. The van der Waals surface area contributed by atoms with Gasteiger partial charge in [0, 0.05) is 18.0 Å². The third-order valence-electron chi connectivity index (χ3n) is 2.33. The van der Waals surface area contributed by atoms with Gasteiger partial charge < -0.3 is 0 Å². The van der Waals surface area contributed by atoms with E-state index in [4.69, 9.17) is 0 Å². The first-order chi connectivity index (χ1) is 9.67. The minimum absolute atomic E-state index is 0.772. The second kappa shape index (κ2) is 13.7. The molecule has 1 rings (SSSR count). The third kappa shape index (κ3) is 8.41. The number of allylic oxidation sites excluding steroid dienone is 6. The Labute approximate surface area is 125 Å². The van der Waals surface area contributed by atoms with E-state index >= 15 is 0 Å². The summed E-state index contributed by atoms with van der Waals surface area (Å²) in [7, 11) is 0. The maximum atomic E-state index is 4.30. The normalized spacial score (nSPS) is 11.4. The Kier molecular flexibility index (Phi) is 14.1. The molecule has 0 aromatic carbocycles. The van der Waals surface area contributed by atoms with Crippen LogP contribution in [-0.4, -0.2) is 9.97 Å². The molecular formula is C18H30N2. The fraction of sp³-hybridized carbons (Fsp3) is 0.444. The summed E-state index contributed by atoms with van der Waals surface area (Å²) in [6.07, 6.45) is 11.9. The third-order valence-corrected chi connectivity index (χ3v) is 2.33. The van der Waals surface area contributed by atoms with Crippen molar-refractivity contribution in [3.63, 3.8) is 0 Å². The first-order valence-electron chi connectivity index (χ1n) is 7.43. The van der Waals surface area contributed by atoms with E-state index in [0.717, 1.165) is 17.0 Å². The molecule has 0 spiro atoms. The molecule has 112 valence electrons. The highest BCUT2D eigenvalue weighted by atomic mass is 14.9. The van der Waals surface area contributed by atoms with Crippen molar-refractivity contribution in [2.75, 3.05) is 0 Å². The van der Waals surface area contributed by atoms with Crippen molar-refractivity contribution in [1.29, 1.82) is 0 Å². The zero-order valence-corrected chi connectivity index (χ0v) is 14.4. The Bertz CT molecular complexity index is 423. The van der Waals surface area contributed by atoms with Crippen molar-refractivity contribution < 1.29 is 0 Å². The lowest BCUT2D eigenvalue weighted by Crippen LogP contribution is -1.92. The SMILES string of the molecule is CC.CC.C\C=C(C)/C=C\C(=C/C)c1ncc(C)cn1. The summed E-state index contributed by atoms with van der Waals surface area (Å²) >= 11 is 0. The van der Waals surface area contributed by atoms with Gasteiger partial charge in [0.15, 0.2) is 5.82 Å². The standard InChI is InChI=1S/C14H18N2.2C2H6/c1-5-11(3)7-8-13(6-2)14-15-9-12(4)10-16-14;2*1-2/h5-10H,1-4H3;2*1-2H3/b8-7-,11-5-,13-6+;;. The van der Waals surface area contributed by atoms with Crippen LogP contribution in [0.3, 0.4) is 0 Å². The summed E-state index contributed by atoms with van der Waals surface area (Å²) in [5.41, 5.74) is 3.35. The molecule has 0 saturated carbocycles. The van der Waals surface area contributed by atoms with Gasteiger partial charge in [-0.3, -0.25) is 0 Å². The van der Waals surface area contributed by atoms with Crippen LogP contribution in [0.2, 0.25) is 0 Å². The van der Waals surface area contributed by atoms with E-state index < -0.39 is 0 Å². The summed E-state index contributed by atoms with van der Waals surface area (Å²) in [5, 5.41) is 0. The molecule has 2 nitrogen and oxygen atoms in total. The van der Waals surface area contributed by atoms with Crippen LogP contribution in [0.15, 0.2) is 42.3 Å². The van der Waals surface area contributed by atoms with Crippen molar-refractivity contribution >= 4 is 5.57 Å². The molecule has 0 amide bonds. The number of rotatable bonds is 3. The molecule has 1 aromatic rings. The summed E-state index contributed by atoms with van der Waals surface area (Å²) in [6.45, 7) is 16.1. The van der Waals surface area contributed by atoms with Gasteiger partial charge in [-0.2, -0.15) is 0 Å². The summed E-state index contributed by atoms with van der Waals surface area (Å²) < 4.78 is 0. The molecule has 0 bridgehead atoms. The minimum atomic E-state index is 0.772. The minimum Gasteiger partial charge on any atom is -0.236 e. The smallest absolute Gasteiger partial charge is 0.158 e. The maximum absolute atomic E-state index is 4.30. The van der Waals surface area contributed by atoms with Crippen molar-refractivity contribution in [2.45, 2.75) is 55.4 Å². The average Bonchev–Trinajstić information content (AvgIpc) is 2.53. The molecule has 2 heteroatoms. The van der Waals surface area contributed by atoms with Gasteiger partial charge in [-0.1, -0.05) is 57.6 Å². The average molecular weight is 274 g/mol. The molecule has 0 saturated heterocycles. The Morgan fingerprint density at radius 1 is 0.900 bits per heavy atom. The molecule has 1 heterocycles. The van der Waals surface area contributed by atoms with Crippen LogP contribution < -0.4 is 0 Å². The van der Waals surface area contributed by atoms with Crippen LogP contribution in [-0.2, 0) is 0 Å². The highest BCUT2D eigenvalue weighted by Crippen LogP contribution is 2.12. The molecule has 0 fully saturated rings. The second-order valence-electron chi connectivity index (χ2n) is 3.69. The number of hydrogen-bond acceptors (Lipinski definition) is 2. The van der Waals surface area contributed by atoms with Gasteiger partial charge >= 0.3 is 0 Å². The van der Waals surface area contributed by atoms with E-state index in [9.17, 15) is 0 Å². The molecular weight excluding hydrogens is 244 g/mol. The van der Waals surface area contributed by atoms with Crippen molar-refractivity contribution in [2.24, 2.45) is 0 Å². The van der Waals surface area contributed by atoms with Gasteiger partial charge in [0.25, 0.3) is 0 Å². The predicted octanol–water partition coefficient (Wildman–Crippen LogP) is 5.76. The van der Waals surface area contributed by atoms with E-state index in [0.29, 0.717) is 0 Å². The van der Waals surface area contributed by atoms with Crippen LogP contribution in [0.1, 0.15) is 59.9 Å². The quantitative estimate of drug-likeness (QED) is 0.654. The second-order valence-corrected chi connectivity index (χ2v) is 3.69. The van der Waals surface area contributed by atoms with Gasteiger partial charge in [0.2, 0.25) is 0 Å². The number of nitrogens with zero attached hydrogens (tertiary/aromatic N) is 2. The van der Waals surface area contributed by atoms with Crippen molar-refractivity contribution in [1.82, 2.24) is 9.97 Å². The first kappa shape index (κ1) is 20.6. The summed E-state index contributed by atoms with van der Waals surface area (Å²) in [5.74, 6) is 0.772. The van der Waals surface area contributed by atoms with Crippen LogP contribution in [0.25, 0.3) is 5.57 Å². The lowest BCUT2D eigenvalue weighted by atomic mass is 10.1. The lowest BCUT2D eigenvalue weighted by Gasteiger charge is -2.00. The van der Waals surface area contributed by atoms with Crippen LogP contribution in [0, 0.1) is 6.92 Å². The summed E-state index contributed by atoms with van der Waals surface area (Å²) in [4.78, 5) is 8.61. The predicted molar refractivity (Wildman–Crippen MR) is 91.7 cm³/mol. The Morgan fingerprint density at radius 3 is 1.80 bits per heavy atom. The van der Waals surface area contributed by atoms with Gasteiger partial charge in [-0.05, 0) is 33.3 Å². The largest absolute Gasteiger partial charge is 0.236 e. The topological polar surface area (TPSA) is 25.8 Å². The molecule has 20 heavy (non-hydrogen) atoms. The fourth-order valence-corrected chi connectivity index (χ4v) is 1.16. The molecule has 0 N–H and O–H groups in total. The van der Waals surface area contributed by atoms with Gasteiger partial charge in [-0.15, -0.1) is 0 Å². The molecule has 0 aliphatic rings. The van der Waals surface area contributed by atoms with E-state index in [1.807, 2.05) is 73.0 Å². The molecule has 0 radical (unpaired) electrons. The zero-order chi connectivity index (χ0) is 16.0. The Hall–Kier alpha value is -1.70. The monoisotopic (exact) mass is 274 g/mol. The molecule has 1 aromatic heterocycles. The highest BCUT2D eigenvalue weighted by molar-refractivity contribution is 5.69. The van der Waals surface area contributed by atoms with Gasteiger partial charge in [-0.25, -0.2) is 9.97 Å². The van der Waals surface area contributed by atoms with E-state index in [2.05, 4.69) is 29.0 Å². The molecule has 0 atom stereocenters. The Morgan fingerprint density at radius 2 is 1.40 bits per heavy atom. The van der Waals surface area contributed by atoms with Crippen LogP contribution in [0.4, 0.5) is 0 Å². The summed E-state index contributed by atoms with van der Waals surface area (Å²) in [6, 6.07) is 0. The van der Waals surface area contributed by atoms with E-state index in [-0.39, 0.29) is 0 Å². The van der Waals surface area contributed by atoms with Crippen LogP contribution in [0.5, 0.6) is 0 Å². The number of aromatic nitrogens is 2. The van der Waals surface area contributed by atoms with E-state index in [1.165, 1.54) is 5.57 Å². The van der Waals surface area contributed by atoms with Crippen molar-refractivity contribution in [3.8, 4) is 0 Å². The van der Waals surface area contributed by atoms with Crippen molar-refractivity contribution in [3.05, 3.63) is 53.7 Å². The fourth-order valence-electron chi connectivity index (χ4n) is 1.16.